The number of nitrogens with one attached hydrogen (secondary N) is 1. The molecule has 1 N–H and O–H groups in total. The van der Waals surface area contributed by atoms with Crippen molar-refractivity contribution < 1.29 is 21.6 Å². The van der Waals surface area contributed by atoms with Crippen LogP contribution in [0.1, 0.15) is 19.8 Å². The Morgan fingerprint density at radius 2 is 2.00 bits per heavy atom. The highest BCUT2D eigenvalue weighted by Gasteiger charge is 2.27. The maximum absolute atomic E-state index is 11.7. The smallest absolute Gasteiger partial charge is 0.214 e. The Bertz CT molecular complexity index is 345. The van der Waals surface area contributed by atoms with Crippen LogP contribution in [0, 0.1) is 17.2 Å². The van der Waals surface area contributed by atoms with E-state index in [1.807, 2.05) is 6.07 Å². The lowest BCUT2D eigenvalue weighted by molar-refractivity contribution is -0.134. The van der Waals surface area contributed by atoms with E-state index in [9.17, 15) is 21.6 Å². The fourth-order valence-corrected chi connectivity index (χ4v) is 2.01. The quantitative estimate of drug-likeness (QED) is 0.783. The minimum Gasteiger partial charge on any atom is -0.214 e. The number of nitriles is 1. The largest absolute Gasteiger partial charge is 0.389 e. The minimum atomic E-state index is -4.34. The number of alkyl halides is 3. The molecule has 0 saturated carbocycles. The summed E-state index contributed by atoms with van der Waals surface area (Å²) >= 11 is 0. The van der Waals surface area contributed by atoms with Gasteiger partial charge in [0.15, 0.2) is 0 Å². The van der Waals surface area contributed by atoms with Crippen molar-refractivity contribution in [1.82, 2.24) is 4.72 Å². The van der Waals surface area contributed by atoms with Crippen LogP contribution in [0.3, 0.4) is 0 Å². The Labute approximate surface area is 92.5 Å². The van der Waals surface area contributed by atoms with Gasteiger partial charge < -0.3 is 0 Å². The van der Waals surface area contributed by atoms with Gasteiger partial charge in [-0.15, -0.1) is 0 Å². The summed E-state index contributed by atoms with van der Waals surface area (Å²) in [6, 6.07) is 1.81. The Morgan fingerprint density at radius 3 is 2.44 bits per heavy atom. The third-order valence-corrected chi connectivity index (χ3v) is 3.14. The number of hydrogen-bond acceptors (Lipinski definition) is 3. The molecule has 0 spiro atoms. The molecule has 0 aromatic rings. The van der Waals surface area contributed by atoms with Crippen LogP contribution in [0.5, 0.6) is 0 Å². The normalized spacial score (nSPS) is 14.4. The van der Waals surface area contributed by atoms with E-state index in [4.69, 9.17) is 5.26 Å². The summed E-state index contributed by atoms with van der Waals surface area (Å²) in [6.45, 7) is 1.43. The second-order valence-corrected chi connectivity index (χ2v) is 5.34. The van der Waals surface area contributed by atoms with Gasteiger partial charge in [-0.1, -0.05) is 0 Å². The fraction of sp³-hybridized carbons (Fsp3) is 0.875. The average Bonchev–Trinajstić information content (AvgIpc) is 2.12. The molecule has 0 heterocycles. The molecule has 0 bridgehead atoms. The Hall–Kier alpha value is -0.810. The van der Waals surface area contributed by atoms with Gasteiger partial charge in [0, 0.05) is 13.0 Å². The number of hydrogen-bond donors (Lipinski definition) is 1. The number of halogens is 3. The second kappa shape index (κ2) is 6.06. The predicted octanol–water partition coefficient (Wildman–Crippen LogP) is 1.41. The molecule has 0 amide bonds. The highest BCUT2D eigenvalue weighted by Crippen LogP contribution is 2.21. The summed E-state index contributed by atoms with van der Waals surface area (Å²) in [5, 5.41) is 8.38. The van der Waals surface area contributed by atoms with Crippen LogP contribution in [-0.2, 0) is 10.0 Å². The molecule has 0 aliphatic carbocycles. The van der Waals surface area contributed by atoms with Crippen LogP contribution in [-0.4, -0.2) is 26.9 Å². The first-order valence-corrected chi connectivity index (χ1v) is 6.25. The molecule has 0 aliphatic heterocycles. The highest BCUT2D eigenvalue weighted by molar-refractivity contribution is 7.89. The van der Waals surface area contributed by atoms with Crippen molar-refractivity contribution in [2.75, 3.05) is 12.3 Å². The Kier molecular flexibility index (Phi) is 5.75. The Balaban J connectivity index is 3.94. The zero-order valence-electron chi connectivity index (χ0n) is 8.71. The lowest BCUT2D eigenvalue weighted by Gasteiger charge is -2.08. The lowest BCUT2D eigenvalue weighted by Crippen LogP contribution is -2.30. The van der Waals surface area contributed by atoms with E-state index >= 15 is 0 Å². The summed E-state index contributed by atoms with van der Waals surface area (Å²) in [5.74, 6) is -1.08. The summed E-state index contributed by atoms with van der Waals surface area (Å²) < 4.78 is 59.6. The van der Waals surface area contributed by atoms with Gasteiger partial charge in [-0.05, 0) is 13.3 Å². The summed E-state index contributed by atoms with van der Waals surface area (Å²) in [7, 11) is -3.71. The monoisotopic (exact) mass is 258 g/mol. The third kappa shape index (κ3) is 8.49. The highest BCUT2D eigenvalue weighted by atomic mass is 32.2. The molecule has 1 unspecified atom stereocenters. The van der Waals surface area contributed by atoms with E-state index in [-0.39, 0.29) is 6.54 Å². The van der Waals surface area contributed by atoms with Crippen molar-refractivity contribution >= 4 is 10.0 Å². The first kappa shape index (κ1) is 15.2. The van der Waals surface area contributed by atoms with Gasteiger partial charge in [0.2, 0.25) is 10.0 Å². The van der Waals surface area contributed by atoms with Gasteiger partial charge in [-0.3, -0.25) is 0 Å². The van der Waals surface area contributed by atoms with Crippen LogP contribution < -0.4 is 4.72 Å². The lowest BCUT2D eigenvalue weighted by atomic mass is 10.2. The molecule has 0 aromatic carbocycles. The molecule has 0 rings (SSSR count). The molecule has 4 nitrogen and oxygen atoms in total. The van der Waals surface area contributed by atoms with Crippen LogP contribution in [0.25, 0.3) is 0 Å². The summed E-state index contributed by atoms with van der Waals surface area (Å²) in [6.07, 6.45) is -5.93. The molecule has 0 aromatic heterocycles. The van der Waals surface area contributed by atoms with Crippen molar-refractivity contribution in [2.45, 2.75) is 25.9 Å². The van der Waals surface area contributed by atoms with Gasteiger partial charge >= 0.3 is 6.18 Å². The third-order valence-electron chi connectivity index (χ3n) is 1.70. The Morgan fingerprint density at radius 1 is 1.44 bits per heavy atom. The van der Waals surface area contributed by atoms with Crippen molar-refractivity contribution in [3.05, 3.63) is 0 Å². The van der Waals surface area contributed by atoms with Crippen molar-refractivity contribution in [2.24, 2.45) is 5.92 Å². The number of nitrogens with zero attached hydrogens (tertiary/aromatic N) is 1. The predicted molar refractivity (Wildman–Crippen MR) is 51.9 cm³/mol. The first-order valence-electron chi connectivity index (χ1n) is 4.60. The average molecular weight is 258 g/mol. The van der Waals surface area contributed by atoms with E-state index in [0.717, 1.165) is 0 Å². The molecule has 16 heavy (non-hydrogen) atoms. The van der Waals surface area contributed by atoms with Gasteiger partial charge in [-0.2, -0.15) is 18.4 Å². The first-order chi connectivity index (χ1) is 7.16. The molecule has 1 atom stereocenters. The summed E-state index contributed by atoms with van der Waals surface area (Å²) in [5.41, 5.74) is 0. The van der Waals surface area contributed by atoms with Gasteiger partial charge in [0.25, 0.3) is 0 Å². The molecule has 0 aliphatic rings. The van der Waals surface area contributed by atoms with Crippen LogP contribution >= 0.6 is 0 Å². The van der Waals surface area contributed by atoms with Crippen LogP contribution in [0.15, 0.2) is 0 Å². The van der Waals surface area contributed by atoms with E-state index in [2.05, 4.69) is 4.72 Å². The van der Waals surface area contributed by atoms with Crippen molar-refractivity contribution in [1.29, 1.82) is 5.26 Å². The van der Waals surface area contributed by atoms with Gasteiger partial charge in [-0.25, -0.2) is 13.1 Å². The standard InChI is InChI=1S/C8H13F3N2O2S/c1-7(5-12)6-13-16(14,15)4-2-3-8(9,10)11/h7,13H,2-4,6H2,1H3. The van der Waals surface area contributed by atoms with Crippen molar-refractivity contribution in [3.8, 4) is 6.07 Å². The summed E-state index contributed by atoms with van der Waals surface area (Å²) in [4.78, 5) is 0. The minimum absolute atomic E-state index is 0.0785. The topological polar surface area (TPSA) is 70.0 Å². The van der Waals surface area contributed by atoms with Crippen LogP contribution in [0.2, 0.25) is 0 Å². The second-order valence-electron chi connectivity index (χ2n) is 3.42. The zero-order chi connectivity index (χ0) is 12.8. The van der Waals surface area contributed by atoms with Crippen LogP contribution in [0.4, 0.5) is 13.2 Å². The number of sulfonamides is 1. The van der Waals surface area contributed by atoms with Crippen molar-refractivity contribution in [3.63, 3.8) is 0 Å². The molecular formula is C8H13F3N2O2S. The SMILES string of the molecule is CC(C#N)CNS(=O)(=O)CCCC(F)(F)F. The van der Waals surface area contributed by atoms with E-state index in [0.29, 0.717) is 0 Å². The van der Waals surface area contributed by atoms with Gasteiger partial charge in [0.05, 0.1) is 17.7 Å². The fourth-order valence-electron chi connectivity index (χ4n) is 0.832. The van der Waals surface area contributed by atoms with E-state index in [1.54, 1.807) is 0 Å². The van der Waals surface area contributed by atoms with Gasteiger partial charge in [0.1, 0.15) is 0 Å². The molecule has 0 radical (unpaired) electrons. The zero-order valence-corrected chi connectivity index (χ0v) is 9.53. The maximum atomic E-state index is 11.7. The molecule has 0 saturated heterocycles. The van der Waals surface area contributed by atoms with E-state index < -0.39 is 40.7 Å². The molecular weight excluding hydrogens is 245 g/mol. The molecule has 94 valence electrons. The molecule has 8 heteroatoms. The maximum Gasteiger partial charge on any atom is 0.389 e. The number of rotatable bonds is 6. The van der Waals surface area contributed by atoms with E-state index in [1.165, 1.54) is 6.92 Å². The molecule has 0 fully saturated rings.